The fourth-order valence-corrected chi connectivity index (χ4v) is 20.9. The number of hydrogen-bond donors (Lipinski definition) is 0. The summed E-state index contributed by atoms with van der Waals surface area (Å²) >= 11 is -3.95. The van der Waals surface area contributed by atoms with Gasteiger partial charge in [0.1, 0.15) is 0 Å². The van der Waals surface area contributed by atoms with E-state index in [1.165, 1.54) is 51.3 Å². The van der Waals surface area contributed by atoms with E-state index >= 15 is 0 Å². The van der Waals surface area contributed by atoms with Gasteiger partial charge < -0.3 is 0 Å². The third-order valence-electron chi connectivity index (χ3n) is 10.3. The molecule has 0 radical (unpaired) electrons. The summed E-state index contributed by atoms with van der Waals surface area (Å²) in [5.74, 6) is 1.51. The summed E-state index contributed by atoms with van der Waals surface area (Å²) in [7, 11) is 2.89. The van der Waals surface area contributed by atoms with Crippen LogP contribution in [0.25, 0.3) is 0 Å². The van der Waals surface area contributed by atoms with Crippen LogP contribution in [0.4, 0.5) is 0 Å². The third kappa shape index (κ3) is 10.8. The van der Waals surface area contributed by atoms with Crippen molar-refractivity contribution in [3.63, 3.8) is 0 Å². The summed E-state index contributed by atoms with van der Waals surface area (Å²) in [6, 6.07) is 20.1. The number of nitrogens with zero attached hydrogens (tertiary/aromatic N) is 1. The molecule has 0 aromatic heterocycles. The summed E-state index contributed by atoms with van der Waals surface area (Å²) in [6.45, 7) is 42.4. The van der Waals surface area contributed by atoms with Crippen molar-refractivity contribution in [2.45, 2.75) is 163 Å². The Morgan fingerprint density at radius 3 is 1.55 bits per heavy atom. The van der Waals surface area contributed by atoms with Gasteiger partial charge in [0.2, 0.25) is 0 Å². The van der Waals surface area contributed by atoms with Crippen molar-refractivity contribution in [1.29, 1.82) is 0 Å². The van der Waals surface area contributed by atoms with Crippen LogP contribution in [0.3, 0.4) is 0 Å². The predicted molar refractivity (Wildman–Crippen MR) is 239 cm³/mol. The number of aliphatic imine (C=N–C) groups is 1. The second kappa shape index (κ2) is 17.0. The summed E-state index contributed by atoms with van der Waals surface area (Å²) in [4.78, 5) is 4.75. The molecule has 1 unspecified atom stereocenters. The summed E-state index contributed by atoms with van der Waals surface area (Å²) in [5, 5.41) is 1.40. The van der Waals surface area contributed by atoms with Crippen molar-refractivity contribution in [3.8, 4) is 0 Å². The zero-order chi connectivity index (χ0) is 40.3. The second-order valence-corrected chi connectivity index (χ2v) is 30.2. The SMILES string of the molecule is CO/C(=C\N=Cc1ccccc1)[O][Ge]([CH]=Pc1c(C(C)(C)C)cc(C(C)(C)C)cc1C(C)(C)C)([c]1c(C(C)C)cc(C(C)C)cc1C(C)C)[C](C)(C)C. The van der Waals surface area contributed by atoms with Gasteiger partial charge in [0.25, 0.3) is 0 Å². The molecule has 0 bridgehead atoms. The van der Waals surface area contributed by atoms with Crippen molar-refractivity contribution >= 4 is 42.4 Å². The van der Waals surface area contributed by atoms with E-state index in [1.54, 1.807) is 13.3 Å². The number of methoxy groups -OCH3 is 1. The molecule has 0 fully saturated rings. The molecule has 3 aromatic carbocycles. The van der Waals surface area contributed by atoms with E-state index in [2.05, 4.69) is 166 Å². The van der Waals surface area contributed by atoms with Crippen molar-refractivity contribution in [2.24, 2.45) is 4.99 Å². The zero-order valence-electron chi connectivity index (χ0n) is 36.9. The van der Waals surface area contributed by atoms with E-state index in [9.17, 15) is 0 Å². The van der Waals surface area contributed by atoms with Crippen LogP contribution in [0.5, 0.6) is 0 Å². The first kappa shape index (κ1) is 44.8. The van der Waals surface area contributed by atoms with Crippen molar-refractivity contribution in [2.75, 3.05) is 7.11 Å². The Hall–Kier alpha value is -2.62. The number of rotatable bonds is 11. The van der Waals surface area contributed by atoms with Gasteiger partial charge in [-0.1, -0.05) is 0 Å². The fourth-order valence-electron chi connectivity index (χ4n) is 6.76. The van der Waals surface area contributed by atoms with Gasteiger partial charge in [-0.25, -0.2) is 0 Å². The molecule has 3 aromatic rings. The van der Waals surface area contributed by atoms with Gasteiger partial charge >= 0.3 is 332 Å². The first-order chi connectivity index (χ1) is 24.2. The maximum atomic E-state index is 7.66. The molecule has 5 heteroatoms. The molecule has 0 aliphatic heterocycles. The maximum absolute atomic E-state index is 7.66. The van der Waals surface area contributed by atoms with Gasteiger partial charge in [-0.2, -0.15) is 0 Å². The molecule has 0 amide bonds. The monoisotopic (exact) mass is 799 g/mol. The zero-order valence-corrected chi connectivity index (χ0v) is 39.9. The van der Waals surface area contributed by atoms with E-state index in [4.69, 9.17) is 13.5 Å². The average Bonchev–Trinajstić information content (AvgIpc) is 3.03. The number of benzene rings is 3. The molecule has 3 rings (SSSR count). The van der Waals surface area contributed by atoms with Gasteiger partial charge in [0.15, 0.2) is 0 Å². The molecule has 0 aliphatic rings. The van der Waals surface area contributed by atoms with Crippen molar-refractivity contribution in [1.82, 2.24) is 0 Å². The molecule has 0 heterocycles. The van der Waals surface area contributed by atoms with Gasteiger partial charge in [0.05, 0.1) is 0 Å². The first-order valence-electron chi connectivity index (χ1n) is 19.7. The average molecular weight is 799 g/mol. The van der Waals surface area contributed by atoms with Crippen LogP contribution in [0, 0.1) is 0 Å². The van der Waals surface area contributed by atoms with Gasteiger partial charge in [-0.3, -0.25) is 0 Å². The van der Waals surface area contributed by atoms with E-state index < -0.39 is 13.6 Å². The van der Waals surface area contributed by atoms with Crippen LogP contribution in [-0.4, -0.2) is 31.6 Å². The standard InChI is InChI=1S/C48H72GeNO2P/c1-32(2)36-25-38(33(3)4)43(39(26-36)34(5)6)49(48(16,17)18,52-42(51-19)30-50-29-35-23-21-20-22-24-35)31-53-44-40(46(10,11)12)27-37(45(7,8)9)28-41(44)47(13,14)15/h20-34H,1-19H3/b42-30+,50-29?. The van der Waals surface area contributed by atoms with Crippen molar-refractivity contribution in [3.05, 3.63) is 106 Å². The molecular weight excluding hydrogens is 726 g/mol. The van der Waals surface area contributed by atoms with E-state index in [0.717, 1.165) is 5.56 Å². The fraction of sp³-hybridized carbons (Fsp3) is 0.542. The Morgan fingerprint density at radius 2 is 1.17 bits per heavy atom. The molecule has 3 nitrogen and oxygen atoms in total. The minimum absolute atomic E-state index is 0.0319. The summed E-state index contributed by atoms with van der Waals surface area (Å²) in [5.41, 5.74) is 9.37. The molecule has 0 spiro atoms. The molecule has 0 saturated carbocycles. The van der Waals surface area contributed by atoms with Crippen LogP contribution >= 0.6 is 8.20 Å². The first-order valence-corrected chi connectivity index (χ1v) is 24.8. The molecule has 0 saturated heterocycles. The summed E-state index contributed by atoms with van der Waals surface area (Å²) in [6.07, 6.45) is 3.64. The van der Waals surface area contributed by atoms with E-state index in [0.29, 0.717) is 23.7 Å². The third-order valence-corrected chi connectivity index (χ3v) is 23.1. The molecule has 1 atom stereocenters. The van der Waals surface area contributed by atoms with E-state index in [1.807, 2.05) is 24.4 Å². The van der Waals surface area contributed by atoms with Gasteiger partial charge in [-0.05, 0) is 0 Å². The van der Waals surface area contributed by atoms with Crippen LogP contribution in [0.2, 0.25) is 4.25 Å². The normalized spacial score (nSPS) is 14.9. The molecular formula is C48H72GeNO2P. The Morgan fingerprint density at radius 1 is 0.679 bits per heavy atom. The Kier molecular flexibility index (Phi) is 14.4. The van der Waals surface area contributed by atoms with Gasteiger partial charge in [0, 0.05) is 0 Å². The molecule has 290 valence electrons. The number of ether oxygens (including phenoxy) is 1. The second-order valence-electron chi connectivity index (χ2n) is 19.9. The number of hydrogen-bond acceptors (Lipinski definition) is 3. The van der Waals surface area contributed by atoms with Crippen LogP contribution in [0.15, 0.2) is 71.7 Å². The predicted octanol–water partition coefficient (Wildman–Crippen LogP) is 13.1. The molecule has 53 heavy (non-hydrogen) atoms. The van der Waals surface area contributed by atoms with Crippen LogP contribution in [0.1, 0.15) is 181 Å². The van der Waals surface area contributed by atoms with Gasteiger partial charge in [-0.15, -0.1) is 0 Å². The Labute approximate surface area is 330 Å². The van der Waals surface area contributed by atoms with E-state index in [-0.39, 0.29) is 20.5 Å². The summed E-state index contributed by atoms with van der Waals surface area (Å²) < 4.78 is 17.7. The van der Waals surface area contributed by atoms with Crippen LogP contribution < -0.4 is 9.70 Å². The quantitative estimate of drug-likeness (QED) is 0.0837. The topological polar surface area (TPSA) is 30.8 Å². The Balaban J connectivity index is 2.61. The molecule has 0 aliphatic carbocycles. The Bertz CT molecular complexity index is 1720. The van der Waals surface area contributed by atoms with Crippen molar-refractivity contribution < 1.29 is 8.50 Å². The molecule has 0 N–H and O–H groups in total. The van der Waals surface area contributed by atoms with Crippen LogP contribution in [-0.2, 0) is 24.7 Å². The minimum atomic E-state index is -3.95.